The van der Waals surface area contributed by atoms with E-state index in [1.54, 1.807) is 0 Å². The van der Waals surface area contributed by atoms with Gasteiger partial charge in [0.2, 0.25) is 5.91 Å². The second-order valence-electron chi connectivity index (χ2n) is 9.61. The molecular formula is C20H36N2O2. The number of aliphatic hydroxyl groups is 1. The lowest BCUT2D eigenvalue weighted by atomic mass is 9.68. The fraction of sp³-hybridized carbons (Fsp3) is 0.950. The maximum atomic E-state index is 11.9. The van der Waals surface area contributed by atoms with Crippen LogP contribution in [0.25, 0.3) is 0 Å². The molecule has 3 fully saturated rings. The van der Waals surface area contributed by atoms with Gasteiger partial charge in [-0.3, -0.25) is 9.69 Å². The van der Waals surface area contributed by atoms with Gasteiger partial charge in [0.15, 0.2) is 0 Å². The zero-order valence-corrected chi connectivity index (χ0v) is 15.8. The van der Waals surface area contributed by atoms with E-state index in [0.717, 1.165) is 70.4 Å². The standard InChI is InChI=1S/C20H36N2O2/c1-19(2,3)15-8-11-20(24,12-9-15)14-22-13-10-16-17(22)6-4-5-7-18(23)21-16/h15-17,24H,4-14H2,1-3H3,(H,21,23)/t15?,16-,17+,20?/m0/s1. The fourth-order valence-electron chi connectivity index (χ4n) is 5.14. The second-order valence-corrected chi connectivity index (χ2v) is 9.61. The molecule has 0 aromatic heterocycles. The number of rotatable bonds is 2. The van der Waals surface area contributed by atoms with Gasteiger partial charge in [0, 0.05) is 31.6 Å². The van der Waals surface area contributed by atoms with Crippen LogP contribution in [0.2, 0.25) is 0 Å². The molecule has 2 heterocycles. The van der Waals surface area contributed by atoms with Crippen molar-refractivity contribution in [3.63, 3.8) is 0 Å². The molecule has 3 aliphatic rings. The van der Waals surface area contributed by atoms with Gasteiger partial charge in [0.25, 0.3) is 0 Å². The number of carbonyl (C=O) groups is 1. The van der Waals surface area contributed by atoms with Crippen molar-refractivity contribution in [1.82, 2.24) is 10.2 Å². The molecule has 1 saturated carbocycles. The monoisotopic (exact) mass is 336 g/mol. The molecule has 2 atom stereocenters. The van der Waals surface area contributed by atoms with Crippen LogP contribution in [0.1, 0.15) is 78.6 Å². The van der Waals surface area contributed by atoms with Gasteiger partial charge in [0.1, 0.15) is 0 Å². The smallest absolute Gasteiger partial charge is 0.220 e. The van der Waals surface area contributed by atoms with Crippen LogP contribution < -0.4 is 5.32 Å². The van der Waals surface area contributed by atoms with E-state index in [4.69, 9.17) is 0 Å². The number of amides is 1. The highest BCUT2D eigenvalue weighted by Crippen LogP contribution is 2.42. The number of hydrogen-bond donors (Lipinski definition) is 2. The first-order valence-electron chi connectivity index (χ1n) is 10.0. The Kier molecular flexibility index (Phi) is 5.27. The fourth-order valence-corrected chi connectivity index (χ4v) is 5.14. The van der Waals surface area contributed by atoms with Gasteiger partial charge in [-0.25, -0.2) is 0 Å². The third kappa shape index (κ3) is 4.13. The number of carbonyl (C=O) groups excluding carboxylic acids is 1. The molecular weight excluding hydrogens is 300 g/mol. The molecule has 0 aromatic rings. The average molecular weight is 337 g/mol. The molecule has 4 nitrogen and oxygen atoms in total. The lowest BCUT2D eigenvalue weighted by molar-refractivity contribution is -0.122. The first-order chi connectivity index (χ1) is 11.3. The lowest BCUT2D eigenvalue weighted by Crippen LogP contribution is -2.51. The van der Waals surface area contributed by atoms with Gasteiger partial charge in [0.05, 0.1) is 5.60 Å². The van der Waals surface area contributed by atoms with Crippen molar-refractivity contribution in [1.29, 1.82) is 0 Å². The summed E-state index contributed by atoms with van der Waals surface area (Å²) in [5, 5.41) is 14.4. The number of likely N-dealkylation sites (tertiary alicyclic amines) is 1. The van der Waals surface area contributed by atoms with Crippen molar-refractivity contribution in [3.05, 3.63) is 0 Å². The van der Waals surface area contributed by atoms with E-state index < -0.39 is 5.60 Å². The molecule has 1 amide bonds. The highest BCUT2D eigenvalue weighted by molar-refractivity contribution is 5.76. The summed E-state index contributed by atoms with van der Waals surface area (Å²) in [6.07, 6.45) is 9.14. The normalized spacial score (nSPS) is 39.0. The van der Waals surface area contributed by atoms with Gasteiger partial charge < -0.3 is 10.4 Å². The number of nitrogens with one attached hydrogen (secondary N) is 1. The molecule has 0 aromatic carbocycles. The zero-order valence-electron chi connectivity index (χ0n) is 15.8. The predicted molar refractivity (Wildman–Crippen MR) is 96.7 cm³/mol. The molecule has 4 heteroatoms. The Morgan fingerprint density at radius 2 is 1.88 bits per heavy atom. The van der Waals surface area contributed by atoms with Crippen molar-refractivity contribution >= 4 is 5.91 Å². The minimum atomic E-state index is -0.525. The summed E-state index contributed by atoms with van der Waals surface area (Å²) in [5.41, 5.74) is -0.174. The third-order valence-corrected chi connectivity index (χ3v) is 6.80. The Bertz CT molecular complexity index is 449. The maximum Gasteiger partial charge on any atom is 0.220 e. The van der Waals surface area contributed by atoms with E-state index >= 15 is 0 Å². The van der Waals surface area contributed by atoms with Gasteiger partial charge >= 0.3 is 0 Å². The maximum absolute atomic E-state index is 11.9. The van der Waals surface area contributed by atoms with Gasteiger partial charge in [-0.1, -0.05) is 27.2 Å². The second kappa shape index (κ2) is 6.95. The molecule has 138 valence electrons. The Labute approximate surface area is 147 Å². The Hall–Kier alpha value is -0.610. The first kappa shape index (κ1) is 18.2. The van der Waals surface area contributed by atoms with Crippen LogP contribution in [0.5, 0.6) is 0 Å². The summed E-state index contributed by atoms with van der Waals surface area (Å²) in [6.45, 7) is 8.78. The summed E-state index contributed by atoms with van der Waals surface area (Å²) in [4.78, 5) is 14.4. The summed E-state index contributed by atoms with van der Waals surface area (Å²) in [6, 6.07) is 0.728. The predicted octanol–water partition coefficient (Wildman–Crippen LogP) is 3.09. The quantitative estimate of drug-likeness (QED) is 0.815. The van der Waals surface area contributed by atoms with E-state index in [1.807, 2.05) is 0 Å². The molecule has 1 aliphatic carbocycles. The van der Waals surface area contributed by atoms with E-state index in [9.17, 15) is 9.90 Å². The van der Waals surface area contributed by atoms with E-state index in [2.05, 4.69) is 31.0 Å². The first-order valence-corrected chi connectivity index (χ1v) is 10.0. The van der Waals surface area contributed by atoms with Crippen LogP contribution in [0.15, 0.2) is 0 Å². The minimum Gasteiger partial charge on any atom is -0.389 e. The highest BCUT2D eigenvalue weighted by Gasteiger charge is 2.42. The van der Waals surface area contributed by atoms with Crippen molar-refractivity contribution in [2.45, 2.75) is 96.2 Å². The minimum absolute atomic E-state index is 0.218. The van der Waals surface area contributed by atoms with E-state index in [-0.39, 0.29) is 5.91 Å². The topological polar surface area (TPSA) is 52.6 Å². The van der Waals surface area contributed by atoms with Crippen LogP contribution in [0.3, 0.4) is 0 Å². The van der Waals surface area contributed by atoms with Gasteiger partial charge in [-0.2, -0.15) is 0 Å². The summed E-state index contributed by atoms with van der Waals surface area (Å²) >= 11 is 0. The summed E-state index contributed by atoms with van der Waals surface area (Å²) in [7, 11) is 0. The molecule has 0 unspecified atom stereocenters. The van der Waals surface area contributed by atoms with Crippen molar-refractivity contribution < 1.29 is 9.90 Å². The number of hydrogen-bond acceptors (Lipinski definition) is 3. The lowest BCUT2D eigenvalue weighted by Gasteiger charge is -2.44. The van der Waals surface area contributed by atoms with Crippen LogP contribution in [0, 0.1) is 11.3 Å². The van der Waals surface area contributed by atoms with Gasteiger partial charge in [-0.15, -0.1) is 0 Å². The van der Waals surface area contributed by atoms with Crippen LogP contribution in [-0.2, 0) is 4.79 Å². The molecule has 2 aliphatic heterocycles. The van der Waals surface area contributed by atoms with Crippen LogP contribution in [0.4, 0.5) is 0 Å². The van der Waals surface area contributed by atoms with E-state index in [1.165, 1.54) is 0 Å². The van der Waals surface area contributed by atoms with Crippen molar-refractivity contribution in [3.8, 4) is 0 Å². The largest absolute Gasteiger partial charge is 0.389 e. The van der Waals surface area contributed by atoms with Gasteiger partial charge in [-0.05, 0) is 56.3 Å². The number of nitrogens with zero attached hydrogens (tertiary/aromatic N) is 1. The molecule has 3 rings (SSSR count). The Balaban J connectivity index is 1.58. The molecule has 2 saturated heterocycles. The Morgan fingerprint density at radius 3 is 2.54 bits per heavy atom. The van der Waals surface area contributed by atoms with Crippen molar-refractivity contribution in [2.75, 3.05) is 13.1 Å². The third-order valence-electron chi connectivity index (χ3n) is 6.80. The SMILES string of the molecule is CC(C)(C)C1CCC(O)(CN2CC[C@@H]3NC(=O)CCCC[C@H]32)CC1. The van der Waals surface area contributed by atoms with Crippen LogP contribution in [-0.4, -0.2) is 46.7 Å². The highest BCUT2D eigenvalue weighted by atomic mass is 16.3. The number of fused-ring (bicyclic) bond motifs is 1. The molecule has 0 radical (unpaired) electrons. The molecule has 0 spiro atoms. The summed E-state index contributed by atoms with van der Waals surface area (Å²) < 4.78 is 0. The van der Waals surface area contributed by atoms with E-state index in [0.29, 0.717) is 23.9 Å². The molecule has 0 bridgehead atoms. The molecule has 24 heavy (non-hydrogen) atoms. The zero-order chi connectivity index (χ0) is 17.4. The average Bonchev–Trinajstić information content (AvgIpc) is 2.81. The van der Waals surface area contributed by atoms with Crippen LogP contribution >= 0.6 is 0 Å². The number of β-amino-alcohol motifs (C(OH)–C–C–N with tert-alkyl or cyclic N) is 1. The Morgan fingerprint density at radius 1 is 1.17 bits per heavy atom. The van der Waals surface area contributed by atoms with Crippen molar-refractivity contribution in [2.24, 2.45) is 11.3 Å². The summed E-state index contributed by atoms with van der Waals surface area (Å²) in [5.74, 6) is 0.945. The molecule has 2 N–H and O–H groups in total.